The smallest absolute Gasteiger partial charge is 0.163 e. The molecule has 0 N–H and O–H groups in total. The van der Waals surface area contributed by atoms with E-state index in [2.05, 4.69) is 55.5 Å². The summed E-state index contributed by atoms with van der Waals surface area (Å²) in [5.74, 6) is 1.66. The Morgan fingerprint density at radius 2 is 1.52 bits per heavy atom. The van der Waals surface area contributed by atoms with E-state index in [-0.39, 0.29) is 16.6 Å². The fraction of sp³-hybridized carbons (Fsp3) is 0.261. The van der Waals surface area contributed by atoms with Gasteiger partial charge < -0.3 is 4.42 Å². The number of hydrogen-bond acceptors (Lipinski definition) is 2. The predicted molar refractivity (Wildman–Crippen MR) is 99.1 cm³/mol. The predicted octanol–water partition coefficient (Wildman–Crippen LogP) is 5.44. The van der Waals surface area contributed by atoms with Crippen molar-refractivity contribution < 1.29 is 9.21 Å². The maximum absolute atomic E-state index is 11.9. The van der Waals surface area contributed by atoms with E-state index in [0.29, 0.717) is 11.3 Å². The molecule has 4 rings (SSSR count). The Kier molecular flexibility index (Phi) is 3.47. The van der Waals surface area contributed by atoms with Crippen molar-refractivity contribution in [3.05, 3.63) is 94.9 Å². The normalized spacial score (nSPS) is 24.9. The molecule has 1 heterocycles. The van der Waals surface area contributed by atoms with Gasteiger partial charge in [0.1, 0.15) is 11.5 Å². The summed E-state index contributed by atoms with van der Waals surface area (Å²) in [6, 6.07) is 23.1. The van der Waals surface area contributed by atoms with Gasteiger partial charge in [-0.25, -0.2) is 0 Å². The number of benzene rings is 2. The van der Waals surface area contributed by atoms with Crippen LogP contribution in [-0.2, 0) is 10.8 Å². The van der Waals surface area contributed by atoms with Gasteiger partial charge >= 0.3 is 0 Å². The average molecular weight is 330 g/mol. The molecule has 1 aromatic heterocycles. The first-order valence-electron chi connectivity index (χ1n) is 8.72. The molecule has 0 bridgehead atoms. The zero-order valence-corrected chi connectivity index (χ0v) is 14.9. The zero-order chi connectivity index (χ0) is 17.7. The summed E-state index contributed by atoms with van der Waals surface area (Å²) < 4.78 is 6.15. The second kappa shape index (κ2) is 5.45. The molecule has 2 aromatic carbocycles. The largest absolute Gasteiger partial charge is 0.465 e. The highest BCUT2D eigenvalue weighted by Crippen LogP contribution is 2.68. The molecule has 1 saturated carbocycles. The van der Waals surface area contributed by atoms with E-state index in [4.69, 9.17) is 4.42 Å². The van der Waals surface area contributed by atoms with E-state index in [1.54, 1.807) is 6.92 Å². The van der Waals surface area contributed by atoms with E-state index in [1.807, 2.05) is 25.1 Å². The van der Waals surface area contributed by atoms with Crippen LogP contribution in [-0.4, -0.2) is 5.78 Å². The highest BCUT2D eigenvalue weighted by atomic mass is 16.3. The number of ketones is 1. The van der Waals surface area contributed by atoms with Gasteiger partial charge in [-0.15, -0.1) is 0 Å². The summed E-state index contributed by atoms with van der Waals surface area (Å²) >= 11 is 0. The van der Waals surface area contributed by atoms with Crippen molar-refractivity contribution in [1.29, 1.82) is 0 Å². The zero-order valence-electron chi connectivity index (χ0n) is 14.9. The lowest BCUT2D eigenvalue weighted by Crippen LogP contribution is -2.20. The van der Waals surface area contributed by atoms with Crippen molar-refractivity contribution in [1.82, 2.24) is 0 Å². The molecule has 2 heteroatoms. The van der Waals surface area contributed by atoms with Gasteiger partial charge in [0.15, 0.2) is 5.78 Å². The van der Waals surface area contributed by atoms with E-state index >= 15 is 0 Å². The molecule has 1 unspecified atom stereocenters. The first-order chi connectivity index (χ1) is 12.0. The lowest BCUT2D eigenvalue weighted by molar-refractivity contribution is 0.101. The Morgan fingerprint density at radius 1 is 0.960 bits per heavy atom. The van der Waals surface area contributed by atoms with Crippen molar-refractivity contribution >= 4 is 5.78 Å². The number of carbonyl (C=O) groups is 1. The molecule has 0 spiro atoms. The molecular formula is C23H22O2. The van der Waals surface area contributed by atoms with Gasteiger partial charge in [0.05, 0.1) is 11.0 Å². The van der Waals surface area contributed by atoms with Crippen LogP contribution in [0, 0.1) is 6.92 Å². The Morgan fingerprint density at radius 3 is 2.04 bits per heavy atom. The minimum absolute atomic E-state index is 0.0477. The summed E-state index contributed by atoms with van der Waals surface area (Å²) in [5.41, 5.74) is 2.96. The number of rotatable bonds is 4. The molecule has 2 atom stereocenters. The van der Waals surface area contributed by atoms with Gasteiger partial charge in [0.25, 0.3) is 0 Å². The Labute approximate surface area is 148 Å². The summed E-state index contributed by atoms with van der Waals surface area (Å²) in [6.07, 6.45) is 0.971. The third kappa shape index (κ3) is 2.21. The quantitative estimate of drug-likeness (QED) is 0.596. The van der Waals surface area contributed by atoms with E-state index < -0.39 is 0 Å². The number of Topliss-reactive ketones (excluding diaryl/α,β-unsaturated/α-hetero) is 1. The Bertz CT molecular complexity index is 923. The highest BCUT2D eigenvalue weighted by molar-refractivity contribution is 5.95. The standard InChI is InChI=1S/C23H22O2/c1-16(24)20-14-21(25-17(20)2)23(19-12-8-5-9-13-19)15-22(23,3)18-10-6-4-7-11-18/h4-14H,15H2,1-3H3/t22?,23-/m1/s1. The van der Waals surface area contributed by atoms with Crippen molar-refractivity contribution in [3.63, 3.8) is 0 Å². The number of hydrogen-bond donors (Lipinski definition) is 0. The van der Waals surface area contributed by atoms with Gasteiger partial charge in [-0.1, -0.05) is 67.6 Å². The lowest BCUT2D eigenvalue weighted by Gasteiger charge is -2.22. The van der Waals surface area contributed by atoms with Gasteiger partial charge in [-0.3, -0.25) is 4.79 Å². The maximum atomic E-state index is 11.9. The van der Waals surface area contributed by atoms with Crippen molar-refractivity contribution in [2.45, 2.75) is 38.0 Å². The Balaban J connectivity index is 1.91. The topological polar surface area (TPSA) is 30.2 Å². The maximum Gasteiger partial charge on any atom is 0.163 e. The fourth-order valence-electron chi connectivity index (χ4n) is 4.33. The van der Waals surface area contributed by atoms with Gasteiger partial charge in [0.2, 0.25) is 0 Å². The van der Waals surface area contributed by atoms with E-state index in [1.165, 1.54) is 11.1 Å². The van der Waals surface area contributed by atoms with E-state index in [0.717, 1.165) is 12.2 Å². The summed E-state index contributed by atoms with van der Waals surface area (Å²) in [5, 5.41) is 0. The first kappa shape index (κ1) is 15.9. The van der Waals surface area contributed by atoms with Crippen LogP contribution in [0.25, 0.3) is 0 Å². The van der Waals surface area contributed by atoms with Gasteiger partial charge in [-0.2, -0.15) is 0 Å². The van der Waals surface area contributed by atoms with Crippen molar-refractivity contribution in [2.75, 3.05) is 0 Å². The first-order valence-corrected chi connectivity index (χ1v) is 8.72. The molecule has 1 aliphatic carbocycles. The second-order valence-electron chi connectivity index (χ2n) is 7.28. The molecule has 1 fully saturated rings. The van der Waals surface area contributed by atoms with E-state index in [9.17, 15) is 4.79 Å². The number of aryl methyl sites for hydroxylation is 1. The molecular weight excluding hydrogens is 308 g/mol. The molecule has 0 amide bonds. The van der Waals surface area contributed by atoms with Crippen LogP contribution in [0.4, 0.5) is 0 Å². The molecule has 3 aromatic rings. The van der Waals surface area contributed by atoms with Gasteiger partial charge in [0, 0.05) is 5.41 Å². The molecule has 0 radical (unpaired) electrons. The number of furan rings is 1. The van der Waals surface area contributed by atoms with Gasteiger partial charge in [-0.05, 0) is 37.5 Å². The van der Waals surface area contributed by atoms with Crippen molar-refractivity contribution in [2.24, 2.45) is 0 Å². The third-order valence-corrected chi connectivity index (χ3v) is 5.83. The molecule has 0 saturated heterocycles. The SMILES string of the molecule is CC(=O)c1cc([C@]2(c3ccccc3)CC2(C)c2ccccc2)oc1C. The molecule has 1 aliphatic rings. The van der Waals surface area contributed by atoms with Crippen LogP contribution in [0.1, 0.15) is 53.3 Å². The van der Waals surface area contributed by atoms with Crippen molar-refractivity contribution in [3.8, 4) is 0 Å². The minimum Gasteiger partial charge on any atom is -0.465 e. The fourth-order valence-corrected chi connectivity index (χ4v) is 4.33. The van der Waals surface area contributed by atoms with Crippen LogP contribution < -0.4 is 0 Å². The van der Waals surface area contributed by atoms with Crippen LogP contribution in [0.3, 0.4) is 0 Å². The highest BCUT2D eigenvalue weighted by Gasteiger charge is 2.68. The average Bonchev–Trinajstić information content (AvgIpc) is 3.09. The third-order valence-electron chi connectivity index (χ3n) is 5.83. The number of carbonyl (C=O) groups excluding carboxylic acids is 1. The van der Waals surface area contributed by atoms with Crippen LogP contribution in [0.15, 0.2) is 71.1 Å². The Hall–Kier alpha value is -2.61. The lowest BCUT2D eigenvalue weighted by atomic mass is 9.81. The summed E-state index contributed by atoms with van der Waals surface area (Å²) in [4.78, 5) is 11.9. The molecule has 126 valence electrons. The van der Waals surface area contributed by atoms with Crippen LogP contribution in [0.5, 0.6) is 0 Å². The van der Waals surface area contributed by atoms with Crippen LogP contribution in [0.2, 0.25) is 0 Å². The molecule has 0 aliphatic heterocycles. The molecule has 2 nitrogen and oxygen atoms in total. The monoisotopic (exact) mass is 330 g/mol. The van der Waals surface area contributed by atoms with Crippen LogP contribution >= 0.6 is 0 Å². The minimum atomic E-state index is -0.228. The molecule has 25 heavy (non-hydrogen) atoms. The second-order valence-corrected chi connectivity index (χ2v) is 7.28. The summed E-state index contributed by atoms with van der Waals surface area (Å²) in [6.45, 7) is 5.77. The summed E-state index contributed by atoms with van der Waals surface area (Å²) in [7, 11) is 0.